The van der Waals surface area contributed by atoms with Crippen LogP contribution in [0.4, 0.5) is 13.2 Å². The van der Waals surface area contributed by atoms with E-state index in [2.05, 4.69) is 4.98 Å². The lowest BCUT2D eigenvalue weighted by Gasteiger charge is -2.06. The molecule has 0 saturated carbocycles. The molecule has 0 saturated heterocycles. The molecule has 1 aliphatic heterocycles. The molecule has 1 N–H and O–H groups in total. The van der Waals surface area contributed by atoms with Crippen LogP contribution in [0.5, 0.6) is 0 Å². The van der Waals surface area contributed by atoms with Crippen LogP contribution in [-0.4, -0.2) is 17.1 Å². The zero-order valence-electron chi connectivity index (χ0n) is 6.88. The van der Waals surface area contributed by atoms with Crippen LogP contribution in [-0.2, 0) is 17.4 Å². The van der Waals surface area contributed by atoms with E-state index in [1.165, 1.54) is 0 Å². The van der Waals surface area contributed by atoms with Crippen LogP contribution in [0.1, 0.15) is 11.3 Å². The topological polar surface area (TPSA) is 42.4 Å². The van der Waals surface area contributed by atoms with Crippen molar-refractivity contribution in [1.29, 1.82) is 0 Å². The minimum atomic E-state index is -4.46. The van der Waals surface area contributed by atoms with Crippen molar-refractivity contribution >= 4 is 12.6 Å². The first-order valence-electron chi connectivity index (χ1n) is 3.84. The fourth-order valence-corrected chi connectivity index (χ4v) is 1.27. The molecule has 0 bridgehead atoms. The molecule has 0 fully saturated rings. The number of fused-ring (bicyclic) bond motifs is 1. The van der Waals surface area contributed by atoms with Crippen molar-refractivity contribution in [3.05, 3.63) is 23.5 Å². The van der Waals surface area contributed by atoms with E-state index in [1.54, 1.807) is 0 Å². The van der Waals surface area contributed by atoms with Crippen LogP contribution in [0.2, 0.25) is 0 Å². The van der Waals surface area contributed by atoms with Crippen LogP contribution >= 0.6 is 0 Å². The first-order chi connectivity index (χ1) is 6.48. The molecule has 7 heteroatoms. The summed E-state index contributed by atoms with van der Waals surface area (Å²) in [4.78, 5) is 3.21. The van der Waals surface area contributed by atoms with E-state index in [-0.39, 0.29) is 6.61 Å². The first kappa shape index (κ1) is 9.48. The van der Waals surface area contributed by atoms with Crippen molar-refractivity contribution in [2.45, 2.75) is 12.8 Å². The van der Waals surface area contributed by atoms with Crippen LogP contribution in [0.25, 0.3) is 0 Å². The number of alkyl halides is 3. The molecule has 3 nitrogen and oxygen atoms in total. The highest BCUT2D eigenvalue weighted by molar-refractivity contribution is 6.61. The Hall–Kier alpha value is -1.08. The molecule has 0 amide bonds. The van der Waals surface area contributed by atoms with Gasteiger partial charge in [0.25, 0.3) is 0 Å². The number of halogens is 3. The number of pyridine rings is 1. The second-order valence-electron chi connectivity index (χ2n) is 2.93. The van der Waals surface area contributed by atoms with Gasteiger partial charge >= 0.3 is 13.3 Å². The third kappa shape index (κ3) is 1.48. The van der Waals surface area contributed by atoms with Gasteiger partial charge in [0.15, 0.2) is 0 Å². The Kier molecular flexibility index (Phi) is 2.00. The zero-order valence-corrected chi connectivity index (χ0v) is 6.88. The largest absolute Gasteiger partial charge is 0.493 e. The Morgan fingerprint density at radius 3 is 2.86 bits per heavy atom. The van der Waals surface area contributed by atoms with Crippen molar-refractivity contribution in [2.24, 2.45) is 0 Å². The van der Waals surface area contributed by atoms with Crippen molar-refractivity contribution in [1.82, 2.24) is 4.98 Å². The lowest BCUT2D eigenvalue weighted by atomic mass is 9.81. The van der Waals surface area contributed by atoms with Gasteiger partial charge in [-0.2, -0.15) is 13.2 Å². The summed E-state index contributed by atoms with van der Waals surface area (Å²) in [6.45, 7) is -0.0118. The summed E-state index contributed by atoms with van der Waals surface area (Å²) in [5, 5.41) is 9.13. The molecule has 0 aliphatic carbocycles. The molecule has 2 heterocycles. The summed E-state index contributed by atoms with van der Waals surface area (Å²) in [5.41, 5.74) is -0.327. The lowest BCUT2D eigenvalue weighted by molar-refractivity contribution is -0.141. The van der Waals surface area contributed by atoms with Gasteiger partial charge in [0, 0.05) is 11.7 Å². The summed E-state index contributed by atoms with van der Waals surface area (Å²) < 4.78 is 41.3. The van der Waals surface area contributed by atoms with Gasteiger partial charge < -0.3 is 9.68 Å². The molecule has 1 aliphatic rings. The molecular weight excluding hydrogens is 198 g/mol. The van der Waals surface area contributed by atoms with Gasteiger partial charge in [-0.05, 0) is 11.6 Å². The molecule has 2 rings (SSSR count). The van der Waals surface area contributed by atoms with Crippen LogP contribution in [0.15, 0.2) is 12.3 Å². The minimum Gasteiger partial charge on any atom is -0.423 e. The standard InChI is InChI=1S/C7H5BF3NO2/c9-7(10,11)6-1-4-3-14-8(13)5(4)2-12-6/h1-2,13H,3H2. The van der Waals surface area contributed by atoms with Gasteiger partial charge in [-0.3, -0.25) is 4.98 Å². The van der Waals surface area contributed by atoms with Crippen LogP contribution in [0.3, 0.4) is 0 Å². The number of rotatable bonds is 0. The summed E-state index contributed by atoms with van der Waals surface area (Å²) in [6, 6.07) is 0.894. The molecule has 0 unspecified atom stereocenters. The zero-order chi connectivity index (χ0) is 10.3. The monoisotopic (exact) mass is 203 g/mol. The molecule has 1 aromatic heterocycles. The average molecular weight is 203 g/mol. The van der Waals surface area contributed by atoms with E-state index in [0.717, 1.165) is 12.3 Å². The van der Waals surface area contributed by atoms with Crippen molar-refractivity contribution in [3.63, 3.8) is 0 Å². The van der Waals surface area contributed by atoms with E-state index in [9.17, 15) is 13.2 Å². The maximum Gasteiger partial charge on any atom is 0.493 e. The quantitative estimate of drug-likeness (QED) is 0.617. The Balaban J connectivity index is 2.42. The molecule has 14 heavy (non-hydrogen) atoms. The highest BCUT2D eigenvalue weighted by atomic mass is 19.4. The van der Waals surface area contributed by atoms with E-state index < -0.39 is 19.0 Å². The fraction of sp³-hybridized carbons (Fsp3) is 0.286. The SMILES string of the molecule is OB1OCc2cc(C(F)(F)F)ncc21. The highest BCUT2D eigenvalue weighted by Gasteiger charge is 2.35. The minimum absolute atomic E-state index is 0.0118. The summed E-state index contributed by atoms with van der Waals surface area (Å²) >= 11 is 0. The molecule has 74 valence electrons. The smallest absolute Gasteiger partial charge is 0.423 e. The molecular formula is C7H5BF3NO2. The van der Waals surface area contributed by atoms with E-state index in [0.29, 0.717) is 11.0 Å². The van der Waals surface area contributed by atoms with Gasteiger partial charge in [-0.15, -0.1) is 0 Å². The second-order valence-corrected chi connectivity index (χ2v) is 2.93. The number of aromatic nitrogens is 1. The van der Waals surface area contributed by atoms with Gasteiger partial charge in [-0.1, -0.05) is 0 Å². The second kappa shape index (κ2) is 2.96. The number of hydrogen-bond acceptors (Lipinski definition) is 3. The van der Waals surface area contributed by atoms with Gasteiger partial charge in [0.1, 0.15) is 5.69 Å². The van der Waals surface area contributed by atoms with E-state index in [4.69, 9.17) is 9.68 Å². The van der Waals surface area contributed by atoms with E-state index in [1.807, 2.05) is 0 Å². The third-order valence-electron chi connectivity index (χ3n) is 1.98. The first-order valence-corrected chi connectivity index (χ1v) is 3.84. The maximum absolute atomic E-state index is 12.2. The summed E-state index contributed by atoms with van der Waals surface area (Å²) in [7, 11) is -1.15. The molecule has 0 spiro atoms. The summed E-state index contributed by atoms with van der Waals surface area (Å²) in [6.07, 6.45) is -3.46. The van der Waals surface area contributed by atoms with Crippen molar-refractivity contribution in [3.8, 4) is 0 Å². The predicted octanol–water partition coefficient (Wildman–Crippen LogP) is 0.318. The summed E-state index contributed by atoms with van der Waals surface area (Å²) in [5.74, 6) is 0. The highest BCUT2D eigenvalue weighted by Crippen LogP contribution is 2.28. The maximum atomic E-state index is 12.2. The normalized spacial score (nSPS) is 15.9. The Bertz CT molecular complexity index is 368. The Morgan fingerprint density at radius 1 is 1.50 bits per heavy atom. The molecule has 1 aromatic rings. The van der Waals surface area contributed by atoms with Gasteiger partial charge in [-0.25, -0.2) is 0 Å². The van der Waals surface area contributed by atoms with Gasteiger partial charge in [0.2, 0.25) is 0 Å². The average Bonchev–Trinajstić information content (AvgIpc) is 2.46. The van der Waals surface area contributed by atoms with E-state index >= 15 is 0 Å². The molecule has 0 aromatic carbocycles. The number of nitrogens with zero attached hydrogens (tertiary/aromatic N) is 1. The van der Waals surface area contributed by atoms with Gasteiger partial charge in [0.05, 0.1) is 6.61 Å². The van der Waals surface area contributed by atoms with Crippen molar-refractivity contribution in [2.75, 3.05) is 0 Å². The van der Waals surface area contributed by atoms with Crippen molar-refractivity contribution < 1.29 is 22.8 Å². The van der Waals surface area contributed by atoms with Crippen LogP contribution in [0, 0.1) is 0 Å². The fourth-order valence-electron chi connectivity index (χ4n) is 1.27. The van der Waals surface area contributed by atoms with Crippen LogP contribution < -0.4 is 5.46 Å². The lowest BCUT2D eigenvalue weighted by Crippen LogP contribution is -2.29. The molecule has 0 radical (unpaired) electrons. The number of hydrogen-bond donors (Lipinski definition) is 1. The Morgan fingerprint density at radius 2 is 2.21 bits per heavy atom. The third-order valence-corrected chi connectivity index (χ3v) is 1.98. The molecule has 0 atom stereocenters. The Labute approximate surface area is 77.7 Å². The predicted molar refractivity (Wildman–Crippen MR) is 41.6 cm³/mol.